The van der Waals surface area contributed by atoms with Crippen molar-refractivity contribution in [3.63, 3.8) is 0 Å². The summed E-state index contributed by atoms with van der Waals surface area (Å²) in [6, 6.07) is 0. The van der Waals surface area contributed by atoms with E-state index in [4.69, 9.17) is 5.73 Å². The Balaban J connectivity index is 2.43. The normalized spacial score (nSPS) is 20.4. The van der Waals surface area contributed by atoms with Gasteiger partial charge in [-0.1, -0.05) is 0 Å². The standard InChI is InChI=1S/C10H19N3O3/c1-16-10(15)13-6-2-3-8(7-13)9(14)12-5-4-11/h8H,2-7,11H2,1H3,(H,12,14). The van der Waals surface area contributed by atoms with E-state index in [0.717, 1.165) is 12.8 Å². The lowest BCUT2D eigenvalue weighted by atomic mass is 9.97. The molecule has 0 aromatic carbocycles. The fourth-order valence-corrected chi connectivity index (χ4v) is 1.83. The highest BCUT2D eigenvalue weighted by Crippen LogP contribution is 2.17. The first-order chi connectivity index (χ1) is 7.69. The average molecular weight is 229 g/mol. The molecule has 6 nitrogen and oxygen atoms in total. The predicted molar refractivity (Wildman–Crippen MR) is 58.8 cm³/mol. The maximum absolute atomic E-state index is 11.7. The van der Waals surface area contributed by atoms with Crippen molar-refractivity contribution < 1.29 is 14.3 Å². The van der Waals surface area contributed by atoms with Gasteiger partial charge in [0, 0.05) is 26.2 Å². The highest BCUT2D eigenvalue weighted by Gasteiger charge is 2.28. The zero-order valence-corrected chi connectivity index (χ0v) is 9.57. The van der Waals surface area contributed by atoms with E-state index in [2.05, 4.69) is 10.1 Å². The van der Waals surface area contributed by atoms with Gasteiger partial charge in [0.15, 0.2) is 0 Å². The van der Waals surface area contributed by atoms with E-state index in [1.807, 2.05) is 0 Å². The molecule has 0 radical (unpaired) electrons. The lowest BCUT2D eigenvalue weighted by Crippen LogP contribution is -2.46. The van der Waals surface area contributed by atoms with E-state index in [9.17, 15) is 9.59 Å². The van der Waals surface area contributed by atoms with Crippen molar-refractivity contribution >= 4 is 12.0 Å². The molecule has 1 aliphatic heterocycles. The number of nitrogens with zero attached hydrogens (tertiary/aromatic N) is 1. The molecule has 0 bridgehead atoms. The van der Waals surface area contributed by atoms with Crippen molar-refractivity contribution in [1.29, 1.82) is 0 Å². The summed E-state index contributed by atoms with van der Waals surface area (Å²) in [6.45, 7) is 2.00. The number of carbonyl (C=O) groups excluding carboxylic acids is 2. The molecule has 0 aromatic heterocycles. The molecule has 1 aliphatic rings. The Morgan fingerprint density at radius 3 is 2.94 bits per heavy atom. The second-order valence-electron chi connectivity index (χ2n) is 3.83. The summed E-state index contributed by atoms with van der Waals surface area (Å²) in [5, 5.41) is 2.74. The Morgan fingerprint density at radius 1 is 1.56 bits per heavy atom. The summed E-state index contributed by atoms with van der Waals surface area (Å²) < 4.78 is 4.63. The van der Waals surface area contributed by atoms with Gasteiger partial charge in [-0.05, 0) is 12.8 Å². The van der Waals surface area contributed by atoms with E-state index in [0.29, 0.717) is 26.2 Å². The molecule has 3 N–H and O–H groups in total. The van der Waals surface area contributed by atoms with Crippen molar-refractivity contribution in [2.75, 3.05) is 33.3 Å². The Kier molecular flexibility index (Phi) is 5.04. The summed E-state index contributed by atoms with van der Waals surface area (Å²) >= 11 is 0. The third-order valence-electron chi connectivity index (χ3n) is 2.67. The summed E-state index contributed by atoms with van der Waals surface area (Å²) in [7, 11) is 1.35. The topological polar surface area (TPSA) is 84.7 Å². The van der Waals surface area contributed by atoms with Crippen molar-refractivity contribution in [2.24, 2.45) is 11.7 Å². The number of rotatable bonds is 3. The van der Waals surface area contributed by atoms with Crippen LogP contribution in [0.5, 0.6) is 0 Å². The van der Waals surface area contributed by atoms with Gasteiger partial charge in [-0.3, -0.25) is 4.79 Å². The molecule has 6 heteroatoms. The van der Waals surface area contributed by atoms with Gasteiger partial charge >= 0.3 is 6.09 Å². The van der Waals surface area contributed by atoms with Gasteiger partial charge in [0.1, 0.15) is 0 Å². The fourth-order valence-electron chi connectivity index (χ4n) is 1.83. The fraction of sp³-hybridized carbons (Fsp3) is 0.800. The van der Waals surface area contributed by atoms with Crippen LogP contribution in [-0.4, -0.2) is 50.2 Å². The molecule has 0 aromatic rings. The lowest BCUT2D eigenvalue weighted by Gasteiger charge is -2.30. The van der Waals surface area contributed by atoms with Crippen LogP contribution in [0.1, 0.15) is 12.8 Å². The second-order valence-corrected chi connectivity index (χ2v) is 3.83. The molecule has 2 amide bonds. The minimum absolute atomic E-state index is 0.0287. The largest absolute Gasteiger partial charge is 0.453 e. The van der Waals surface area contributed by atoms with Gasteiger partial charge in [0.25, 0.3) is 0 Å². The number of hydrogen-bond acceptors (Lipinski definition) is 4. The summed E-state index contributed by atoms with van der Waals surface area (Å²) in [5.41, 5.74) is 5.30. The number of nitrogens with one attached hydrogen (secondary N) is 1. The number of ether oxygens (including phenoxy) is 1. The highest BCUT2D eigenvalue weighted by atomic mass is 16.5. The minimum atomic E-state index is -0.365. The third-order valence-corrected chi connectivity index (χ3v) is 2.67. The van der Waals surface area contributed by atoms with Gasteiger partial charge in [0.05, 0.1) is 13.0 Å². The van der Waals surface area contributed by atoms with Crippen LogP contribution < -0.4 is 11.1 Å². The average Bonchev–Trinajstić information content (AvgIpc) is 2.35. The third kappa shape index (κ3) is 3.37. The van der Waals surface area contributed by atoms with Gasteiger partial charge in [0.2, 0.25) is 5.91 Å². The molecule has 0 aliphatic carbocycles. The first-order valence-electron chi connectivity index (χ1n) is 5.49. The maximum atomic E-state index is 11.7. The molecule has 1 rings (SSSR count). The molecular formula is C10H19N3O3. The zero-order chi connectivity index (χ0) is 12.0. The molecular weight excluding hydrogens is 210 g/mol. The smallest absolute Gasteiger partial charge is 0.409 e. The van der Waals surface area contributed by atoms with Crippen LogP contribution in [0.15, 0.2) is 0 Å². The Morgan fingerprint density at radius 2 is 2.31 bits per heavy atom. The molecule has 92 valence electrons. The SMILES string of the molecule is COC(=O)N1CCCC(C(=O)NCCN)C1. The van der Waals surface area contributed by atoms with E-state index in [1.54, 1.807) is 4.90 Å². The van der Waals surface area contributed by atoms with Gasteiger partial charge < -0.3 is 20.7 Å². The monoisotopic (exact) mass is 229 g/mol. The van der Waals surface area contributed by atoms with Crippen LogP contribution in [0.3, 0.4) is 0 Å². The predicted octanol–water partition coefficient (Wildman–Crippen LogP) is -0.460. The molecule has 1 unspecified atom stereocenters. The molecule has 0 saturated carbocycles. The molecule has 16 heavy (non-hydrogen) atoms. The van der Waals surface area contributed by atoms with E-state index < -0.39 is 0 Å². The van der Waals surface area contributed by atoms with Crippen LogP contribution in [0.25, 0.3) is 0 Å². The minimum Gasteiger partial charge on any atom is -0.453 e. The maximum Gasteiger partial charge on any atom is 0.409 e. The van der Waals surface area contributed by atoms with Crippen molar-refractivity contribution in [3.05, 3.63) is 0 Å². The van der Waals surface area contributed by atoms with Crippen LogP contribution in [-0.2, 0) is 9.53 Å². The number of likely N-dealkylation sites (tertiary alicyclic amines) is 1. The Labute approximate surface area is 95.1 Å². The number of nitrogens with two attached hydrogens (primary N) is 1. The Hall–Kier alpha value is -1.30. The van der Waals surface area contributed by atoms with Crippen molar-refractivity contribution in [3.8, 4) is 0 Å². The number of carbonyl (C=O) groups is 2. The van der Waals surface area contributed by atoms with E-state index >= 15 is 0 Å². The van der Waals surface area contributed by atoms with E-state index in [1.165, 1.54) is 7.11 Å². The number of methoxy groups -OCH3 is 1. The quantitative estimate of drug-likeness (QED) is 0.686. The highest BCUT2D eigenvalue weighted by molar-refractivity contribution is 5.79. The second kappa shape index (κ2) is 6.32. The molecule has 1 fully saturated rings. The van der Waals surface area contributed by atoms with Crippen LogP contribution in [0.2, 0.25) is 0 Å². The van der Waals surface area contributed by atoms with Crippen LogP contribution in [0.4, 0.5) is 4.79 Å². The van der Waals surface area contributed by atoms with Gasteiger partial charge in [-0.2, -0.15) is 0 Å². The number of piperidine rings is 1. The van der Waals surface area contributed by atoms with Gasteiger partial charge in [-0.25, -0.2) is 4.79 Å². The first-order valence-corrected chi connectivity index (χ1v) is 5.49. The lowest BCUT2D eigenvalue weighted by molar-refractivity contribution is -0.126. The van der Waals surface area contributed by atoms with Crippen molar-refractivity contribution in [1.82, 2.24) is 10.2 Å². The molecule has 1 heterocycles. The number of hydrogen-bond donors (Lipinski definition) is 2. The van der Waals surface area contributed by atoms with Crippen LogP contribution >= 0.6 is 0 Å². The number of amides is 2. The zero-order valence-electron chi connectivity index (χ0n) is 9.57. The summed E-state index contributed by atoms with van der Waals surface area (Å²) in [6.07, 6.45) is 1.27. The summed E-state index contributed by atoms with van der Waals surface area (Å²) in [4.78, 5) is 24.5. The molecule has 0 spiro atoms. The van der Waals surface area contributed by atoms with Gasteiger partial charge in [-0.15, -0.1) is 0 Å². The molecule has 1 atom stereocenters. The van der Waals surface area contributed by atoms with Crippen LogP contribution in [0, 0.1) is 5.92 Å². The molecule has 1 saturated heterocycles. The summed E-state index contributed by atoms with van der Waals surface area (Å²) in [5.74, 6) is -0.168. The van der Waals surface area contributed by atoms with Crippen molar-refractivity contribution in [2.45, 2.75) is 12.8 Å². The Bertz CT molecular complexity index is 258. The van der Waals surface area contributed by atoms with E-state index in [-0.39, 0.29) is 17.9 Å². The first kappa shape index (κ1) is 12.8.